The number of fused-ring (bicyclic) bond motifs is 1. The number of ether oxygens (including phenoxy) is 1. The normalized spacial score (nSPS) is 15.2. The maximum atomic E-state index is 12.6. The molecule has 12 heteroatoms. The fourth-order valence-corrected chi connectivity index (χ4v) is 5.16. The van der Waals surface area contributed by atoms with Crippen LogP contribution in [0.1, 0.15) is 34.5 Å². The molecule has 3 aromatic heterocycles. The molecule has 3 N–H and O–H groups in total. The number of anilines is 2. The monoisotopic (exact) mass is 548 g/mol. The Kier molecular flexibility index (Phi) is 8.03. The zero-order valence-electron chi connectivity index (χ0n) is 22.2. The van der Waals surface area contributed by atoms with Gasteiger partial charge in [0, 0.05) is 54.5 Å². The lowest BCUT2D eigenvalue weighted by molar-refractivity contribution is -0.130. The predicted octanol–water partition coefficient (Wildman–Crippen LogP) is 4.12. The van der Waals surface area contributed by atoms with Crippen molar-refractivity contribution in [3.63, 3.8) is 0 Å². The van der Waals surface area contributed by atoms with Crippen LogP contribution in [0.5, 0.6) is 11.5 Å². The van der Waals surface area contributed by atoms with Crippen LogP contribution in [0.4, 0.5) is 10.9 Å². The second-order valence-corrected chi connectivity index (χ2v) is 11.1. The third kappa shape index (κ3) is 6.52. The zero-order valence-corrected chi connectivity index (χ0v) is 23.0. The summed E-state index contributed by atoms with van der Waals surface area (Å²) in [7, 11) is 4.03. The van der Waals surface area contributed by atoms with Gasteiger partial charge in [-0.2, -0.15) is 5.10 Å². The van der Waals surface area contributed by atoms with Gasteiger partial charge in [0.2, 0.25) is 5.91 Å². The summed E-state index contributed by atoms with van der Waals surface area (Å²) in [5.74, 6) is 1.76. The Morgan fingerprint density at radius 1 is 1.21 bits per heavy atom. The van der Waals surface area contributed by atoms with Gasteiger partial charge in [-0.05, 0) is 64.7 Å². The number of aromatic nitrogens is 4. The minimum atomic E-state index is -0.231. The largest absolute Gasteiger partial charge is 0.456 e. The summed E-state index contributed by atoms with van der Waals surface area (Å²) in [6.07, 6.45) is 5.63. The van der Waals surface area contributed by atoms with Gasteiger partial charge >= 0.3 is 0 Å². The van der Waals surface area contributed by atoms with Gasteiger partial charge in [0.15, 0.2) is 16.6 Å². The molecule has 11 nitrogen and oxygen atoms in total. The molecule has 0 saturated carbocycles. The van der Waals surface area contributed by atoms with Gasteiger partial charge in [0.05, 0.1) is 0 Å². The molecule has 1 saturated heterocycles. The highest BCUT2D eigenvalue weighted by Crippen LogP contribution is 2.33. The number of aromatic amines is 1. The van der Waals surface area contributed by atoms with Crippen LogP contribution in [0.3, 0.4) is 0 Å². The topological polar surface area (TPSA) is 128 Å². The van der Waals surface area contributed by atoms with E-state index in [1.54, 1.807) is 42.7 Å². The molecule has 1 aliphatic heterocycles. The number of carbonyl (C=O) groups is 2. The van der Waals surface area contributed by atoms with Gasteiger partial charge in [-0.1, -0.05) is 0 Å². The highest BCUT2D eigenvalue weighted by atomic mass is 32.1. The summed E-state index contributed by atoms with van der Waals surface area (Å²) in [5.41, 5.74) is 1.10. The van der Waals surface area contributed by atoms with E-state index < -0.39 is 0 Å². The minimum absolute atomic E-state index is 0.0850. The number of carbonyl (C=O) groups excluding carboxylic acids is 2. The van der Waals surface area contributed by atoms with Crippen molar-refractivity contribution in [3.8, 4) is 11.5 Å². The van der Waals surface area contributed by atoms with E-state index in [9.17, 15) is 9.59 Å². The summed E-state index contributed by atoms with van der Waals surface area (Å²) in [5, 5.41) is 15.0. The number of pyridine rings is 1. The number of likely N-dealkylation sites (tertiary alicyclic amines) is 1. The molecule has 5 rings (SSSR count). The number of hydrogen-bond acceptors (Lipinski definition) is 9. The van der Waals surface area contributed by atoms with Crippen molar-refractivity contribution in [1.29, 1.82) is 0 Å². The number of aryl methyl sites for hydroxylation is 1. The molecule has 0 bridgehead atoms. The summed E-state index contributed by atoms with van der Waals surface area (Å²) in [6.45, 7) is 4.20. The van der Waals surface area contributed by atoms with Gasteiger partial charge in [-0.15, -0.1) is 11.3 Å². The van der Waals surface area contributed by atoms with Crippen LogP contribution in [0.2, 0.25) is 0 Å². The first kappa shape index (κ1) is 26.6. The minimum Gasteiger partial charge on any atom is -0.456 e. The fraction of sp³-hybridized carbons (Fsp3) is 0.370. The standard InChI is InChI=1S/C27H32N8O3S/c1-17-15-29-27(39-17)31-26(37)18-6-8-20(9-7-18)38-21-10-12-28-24-23(21)25(33-32-24)30-19-11-14-35(16-19)22(36)5-4-13-34(2)3/h6-10,12,15,19H,4-5,11,13-14,16H2,1-3H3,(H,29,31,37)(H2,28,30,32,33)/t19-/m1/s1. The summed E-state index contributed by atoms with van der Waals surface area (Å²) >= 11 is 1.43. The smallest absolute Gasteiger partial charge is 0.257 e. The summed E-state index contributed by atoms with van der Waals surface area (Å²) in [4.78, 5) is 38.7. The first-order valence-corrected chi connectivity index (χ1v) is 13.7. The van der Waals surface area contributed by atoms with Crippen molar-refractivity contribution in [3.05, 3.63) is 53.2 Å². The summed E-state index contributed by atoms with van der Waals surface area (Å²) < 4.78 is 6.18. The Balaban J connectivity index is 1.23. The van der Waals surface area contributed by atoms with E-state index in [1.165, 1.54) is 11.3 Å². The van der Waals surface area contributed by atoms with Gasteiger partial charge < -0.3 is 19.9 Å². The average molecular weight is 549 g/mol. The van der Waals surface area contributed by atoms with Crippen LogP contribution < -0.4 is 15.4 Å². The molecule has 4 aromatic rings. The number of thiazole rings is 1. The van der Waals surface area contributed by atoms with E-state index in [1.807, 2.05) is 25.9 Å². The number of H-pyrrole nitrogens is 1. The molecule has 0 radical (unpaired) electrons. The lowest BCUT2D eigenvalue weighted by Gasteiger charge is -2.18. The third-order valence-electron chi connectivity index (χ3n) is 6.49. The van der Waals surface area contributed by atoms with Crippen molar-refractivity contribution >= 4 is 45.1 Å². The first-order chi connectivity index (χ1) is 18.9. The number of benzene rings is 1. The molecule has 1 aliphatic rings. The van der Waals surface area contributed by atoms with Gasteiger partial charge in [0.25, 0.3) is 5.91 Å². The average Bonchev–Trinajstić information content (AvgIpc) is 3.65. The van der Waals surface area contributed by atoms with Crippen LogP contribution in [0, 0.1) is 6.92 Å². The number of nitrogens with one attached hydrogen (secondary N) is 3. The lowest BCUT2D eigenvalue weighted by atomic mass is 10.2. The Bertz CT molecular complexity index is 1450. The molecule has 0 unspecified atom stereocenters. The third-order valence-corrected chi connectivity index (χ3v) is 7.32. The van der Waals surface area contributed by atoms with E-state index in [0.29, 0.717) is 46.6 Å². The molecule has 4 heterocycles. The van der Waals surface area contributed by atoms with Crippen molar-refractivity contribution in [2.75, 3.05) is 44.4 Å². The predicted molar refractivity (Wildman–Crippen MR) is 152 cm³/mol. The molecular weight excluding hydrogens is 516 g/mol. The van der Waals surface area contributed by atoms with Gasteiger partial charge in [-0.3, -0.25) is 20.0 Å². The number of rotatable bonds is 10. The molecule has 204 valence electrons. The second kappa shape index (κ2) is 11.8. The van der Waals surface area contributed by atoms with Crippen molar-refractivity contribution < 1.29 is 14.3 Å². The van der Waals surface area contributed by atoms with Crippen LogP contribution >= 0.6 is 11.3 Å². The van der Waals surface area contributed by atoms with E-state index in [2.05, 4.69) is 35.7 Å². The van der Waals surface area contributed by atoms with E-state index in [0.717, 1.165) is 36.2 Å². The van der Waals surface area contributed by atoms with Gasteiger partial charge in [0.1, 0.15) is 16.9 Å². The maximum absolute atomic E-state index is 12.6. The van der Waals surface area contributed by atoms with Crippen LogP contribution in [-0.4, -0.2) is 81.6 Å². The second-order valence-electron chi connectivity index (χ2n) is 9.84. The Hall–Kier alpha value is -4.03. The molecule has 1 atom stereocenters. The molecule has 39 heavy (non-hydrogen) atoms. The quantitative estimate of drug-likeness (QED) is 0.270. The highest BCUT2D eigenvalue weighted by Gasteiger charge is 2.27. The molecule has 2 amide bonds. The lowest BCUT2D eigenvalue weighted by Crippen LogP contribution is -2.32. The molecule has 1 aromatic carbocycles. The van der Waals surface area contributed by atoms with Crippen molar-refractivity contribution in [2.24, 2.45) is 0 Å². The maximum Gasteiger partial charge on any atom is 0.257 e. The number of nitrogens with zero attached hydrogens (tertiary/aromatic N) is 5. The van der Waals surface area contributed by atoms with E-state index in [-0.39, 0.29) is 17.9 Å². The van der Waals surface area contributed by atoms with Crippen LogP contribution in [0.25, 0.3) is 11.0 Å². The molecular formula is C27H32N8O3S. The molecule has 0 aliphatic carbocycles. The summed E-state index contributed by atoms with van der Waals surface area (Å²) in [6, 6.07) is 8.78. The highest BCUT2D eigenvalue weighted by molar-refractivity contribution is 7.15. The van der Waals surface area contributed by atoms with Crippen LogP contribution in [-0.2, 0) is 4.79 Å². The van der Waals surface area contributed by atoms with Crippen molar-refractivity contribution in [2.45, 2.75) is 32.2 Å². The Morgan fingerprint density at radius 3 is 2.77 bits per heavy atom. The number of amides is 2. The molecule has 1 fully saturated rings. The van der Waals surface area contributed by atoms with E-state index >= 15 is 0 Å². The molecule has 0 spiro atoms. The Morgan fingerprint density at radius 2 is 2.03 bits per heavy atom. The van der Waals surface area contributed by atoms with Crippen LogP contribution in [0.15, 0.2) is 42.7 Å². The Labute approximate surface area is 230 Å². The van der Waals surface area contributed by atoms with E-state index in [4.69, 9.17) is 4.74 Å². The first-order valence-electron chi connectivity index (χ1n) is 12.9. The number of hydrogen-bond donors (Lipinski definition) is 3. The zero-order chi connectivity index (χ0) is 27.4. The van der Waals surface area contributed by atoms with Crippen molar-refractivity contribution in [1.82, 2.24) is 30.0 Å². The van der Waals surface area contributed by atoms with Gasteiger partial charge in [-0.25, -0.2) is 9.97 Å². The fourth-order valence-electron chi connectivity index (χ4n) is 4.50. The SMILES string of the molecule is Cc1cnc(NC(=O)c2ccc(Oc3ccnc4[nH]nc(N[C@@H]5CCN(C(=O)CCCN(C)C)C5)c34)cc2)s1.